The number of nitrogens with one attached hydrogen (secondary N) is 1. The highest BCUT2D eigenvalue weighted by Crippen LogP contribution is 2.26. The zero-order valence-electron chi connectivity index (χ0n) is 14.8. The summed E-state index contributed by atoms with van der Waals surface area (Å²) in [5.74, 6) is -2.13. The van der Waals surface area contributed by atoms with E-state index in [0.29, 0.717) is 11.3 Å². The molecule has 3 aromatic rings. The zero-order valence-corrected chi connectivity index (χ0v) is 14.8. The normalized spacial score (nSPS) is 15.1. The van der Waals surface area contributed by atoms with E-state index in [1.54, 1.807) is 24.3 Å². The molecule has 1 aromatic heterocycles. The van der Waals surface area contributed by atoms with Crippen molar-refractivity contribution in [2.75, 3.05) is 5.01 Å². The second kappa shape index (κ2) is 7.08. The predicted octanol–water partition coefficient (Wildman–Crippen LogP) is 3.25. The van der Waals surface area contributed by atoms with Crippen LogP contribution >= 0.6 is 0 Å². The second-order valence-electron chi connectivity index (χ2n) is 6.20. The lowest BCUT2D eigenvalue weighted by Gasteiger charge is -2.14. The van der Waals surface area contributed by atoms with Crippen molar-refractivity contribution in [3.63, 3.8) is 0 Å². The summed E-state index contributed by atoms with van der Waals surface area (Å²) in [5.41, 5.74) is 3.22. The van der Waals surface area contributed by atoms with Gasteiger partial charge in [0, 0.05) is 5.56 Å². The first-order valence-corrected chi connectivity index (χ1v) is 8.48. The number of carbonyl (C=O) groups is 3. The Morgan fingerprint density at radius 1 is 1.07 bits per heavy atom. The summed E-state index contributed by atoms with van der Waals surface area (Å²) in [6.07, 6.45) is 1.30. The van der Waals surface area contributed by atoms with Crippen molar-refractivity contribution >= 4 is 29.5 Å². The molecular weight excluding hydrogens is 379 g/mol. The smallest absolute Gasteiger partial charge is 0.335 e. The van der Waals surface area contributed by atoms with Gasteiger partial charge in [-0.2, -0.15) is 0 Å². The van der Waals surface area contributed by atoms with E-state index in [4.69, 9.17) is 9.52 Å². The van der Waals surface area contributed by atoms with Crippen LogP contribution in [0.4, 0.5) is 10.1 Å². The lowest BCUT2D eigenvalue weighted by molar-refractivity contribution is -0.117. The van der Waals surface area contributed by atoms with E-state index in [9.17, 15) is 18.8 Å². The molecule has 1 fully saturated rings. The molecule has 2 amide bonds. The van der Waals surface area contributed by atoms with Gasteiger partial charge in [0.1, 0.15) is 22.9 Å². The molecule has 29 heavy (non-hydrogen) atoms. The standard InChI is InChI=1S/C21H13FN2O5/c22-14-2-1-3-15(10-14)24-20(26)17(19(25)23-24)11-16-8-9-18(29-16)12-4-6-13(7-5-12)21(27)28/h1-11H,(H,23,25)(H,27,28)/b17-11+. The number of carbonyl (C=O) groups excluding carboxylic acids is 2. The predicted molar refractivity (Wildman–Crippen MR) is 101 cm³/mol. The van der Waals surface area contributed by atoms with Gasteiger partial charge >= 0.3 is 5.97 Å². The van der Waals surface area contributed by atoms with E-state index in [1.165, 1.54) is 36.4 Å². The van der Waals surface area contributed by atoms with Crippen molar-refractivity contribution in [2.45, 2.75) is 0 Å². The van der Waals surface area contributed by atoms with Crippen LogP contribution in [-0.4, -0.2) is 22.9 Å². The average molecular weight is 392 g/mol. The van der Waals surface area contributed by atoms with E-state index in [1.807, 2.05) is 0 Å². The number of anilines is 1. The Kier molecular flexibility index (Phi) is 4.44. The number of rotatable bonds is 4. The molecule has 1 saturated heterocycles. The number of carboxylic acids is 1. The van der Waals surface area contributed by atoms with Crippen LogP contribution in [0.25, 0.3) is 17.4 Å². The van der Waals surface area contributed by atoms with E-state index >= 15 is 0 Å². The summed E-state index contributed by atoms with van der Waals surface area (Å²) in [5, 5.41) is 9.92. The van der Waals surface area contributed by atoms with Crippen LogP contribution in [0.15, 0.2) is 70.7 Å². The second-order valence-corrected chi connectivity index (χ2v) is 6.20. The number of aromatic carboxylic acids is 1. The topological polar surface area (TPSA) is 99.9 Å². The van der Waals surface area contributed by atoms with Crippen LogP contribution in [0.1, 0.15) is 16.1 Å². The summed E-state index contributed by atoms with van der Waals surface area (Å²) in [7, 11) is 0. The number of amides is 2. The van der Waals surface area contributed by atoms with Crippen LogP contribution in [0.2, 0.25) is 0 Å². The maximum atomic E-state index is 13.4. The van der Waals surface area contributed by atoms with Crippen molar-refractivity contribution in [1.29, 1.82) is 0 Å². The highest BCUT2D eigenvalue weighted by atomic mass is 19.1. The number of carboxylic acid groups (broad SMARTS) is 1. The summed E-state index contributed by atoms with van der Waals surface area (Å²) in [6, 6.07) is 14.6. The summed E-state index contributed by atoms with van der Waals surface area (Å²) in [4.78, 5) is 35.7. The number of hydrogen-bond donors (Lipinski definition) is 2. The van der Waals surface area contributed by atoms with Crippen LogP contribution in [0.5, 0.6) is 0 Å². The molecule has 4 rings (SSSR count). The van der Waals surface area contributed by atoms with Crippen LogP contribution < -0.4 is 10.4 Å². The maximum Gasteiger partial charge on any atom is 0.335 e. The molecular formula is C21H13FN2O5. The van der Waals surface area contributed by atoms with Crippen molar-refractivity contribution in [1.82, 2.24) is 5.43 Å². The first-order chi connectivity index (χ1) is 13.9. The van der Waals surface area contributed by atoms with Gasteiger partial charge in [-0.3, -0.25) is 15.0 Å². The molecule has 144 valence electrons. The number of halogens is 1. The molecule has 0 radical (unpaired) electrons. The largest absolute Gasteiger partial charge is 0.478 e. The fraction of sp³-hybridized carbons (Fsp3) is 0. The van der Waals surface area contributed by atoms with Gasteiger partial charge < -0.3 is 9.52 Å². The Bertz CT molecular complexity index is 1160. The molecule has 1 aliphatic heterocycles. The Morgan fingerprint density at radius 2 is 1.83 bits per heavy atom. The van der Waals surface area contributed by atoms with Gasteiger partial charge in [-0.25, -0.2) is 14.2 Å². The number of furan rings is 1. The molecule has 0 aliphatic carbocycles. The van der Waals surface area contributed by atoms with Gasteiger partial charge in [0.05, 0.1) is 11.3 Å². The Balaban J connectivity index is 1.59. The highest BCUT2D eigenvalue weighted by molar-refractivity contribution is 6.31. The maximum absolute atomic E-state index is 13.4. The lowest BCUT2D eigenvalue weighted by atomic mass is 10.1. The third kappa shape index (κ3) is 3.51. The van der Waals surface area contributed by atoms with Crippen molar-refractivity contribution < 1.29 is 28.3 Å². The Labute approximate surface area is 163 Å². The monoisotopic (exact) mass is 392 g/mol. The number of nitrogens with zero attached hydrogens (tertiary/aromatic N) is 1. The Morgan fingerprint density at radius 3 is 2.52 bits per heavy atom. The van der Waals surface area contributed by atoms with E-state index in [0.717, 1.165) is 11.1 Å². The molecule has 7 nitrogen and oxygen atoms in total. The fourth-order valence-corrected chi connectivity index (χ4v) is 2.86. The molecule has 2 aromatic carbocycles. The van der Waals surface area contributed by atoms with E-state index in [-0.39, 0.29) is 22.6 Å². The first kappa shape index (κ1) is 18.2. The molecule has 1 aliphatic rings. The van der Waals surface area contributed by atoms with Gasteiger partial charge in [0.2, 0.25) is 0 Å². The minimum Gasteiger partial charge on any atom is -0.478 e. The molecule has 8 heteroatoms. The van der Waals surface area contributed by atoms with Crippen molar-refractivity contribution in [3.05, 3.63) is 83.4 Å². The van der Waals surface area contributed by atoms with Gasteiger partial charge in [0.25, 0.3) is 11.8 Å². The SMILES string of the molecule is O=C1NN(c2cccc(F)c2)C(=O)/C1=C/c1ccc(-c2ccc(C(=O)O)cc2)o1. The molecule has 0 spiro atoms. The number of hydrazine groups is 1. The molecule has 2 N–H and O–H groups in total. The minimum atomic E-state index is -1.03. The molecule has 0 saturated carbocycles. The van der Waals surface area contributed by atoms with Gasteiger partial charge in [-0.1, -0.05) is 18.2 Å². The fourth-order valence-electron chi connectivity index (χ4n) is 2.86. The van der Waals surface area contributed by atoms with Gasteiger partial charge in [-0.05, 0) is 48.5 Å². The van der Waals surface area contributed by atoms with Crippen molar-refractivity contribution in [3.8, 4) is 11.3 Å². The van der Waals surface area contributed by atoms with Gasteiger partial charge in [0.15, 0.2) is 0 Å². The summed E-state index contributed by atoms with van der Waals surface area (Å²) in [6.45, 7) is 0. The molecule has 2 heterocycles. The average Bonchev–Trinajstić information content (AvgIpc) is 3.28. The third-order valence-corrected chi connectivity index (χ3v) is 4.29. The number of benzene rings is 2. The summed E-state index contributed by atoms with van der Waals surface area (Å²) < 4.78 is 19.1. The van der Waals surface area contributed by atoms with Crippen LogP contribution in [-0.2, 0) is 9.59 Å². The lowest BCUT2D eigenvalue weighted by Crippen LogP contribution is -2.35. The molecule has 0 unspecified atom stereocenters. The van der Waals surface area contributed by atoms with Crippen LogP contribution in [0, 0.1) is 5.82 Å². The van der Waals surface area contributed by atoms with Gasteiger partial charge in [-0.15, -0.1) is 0 Å². The van der Waals surface area contributed by atoms with Crippen molar-refractivity contribution in [2.24, 2.45) is 0 Å². The van der Waals surface area contributed by atoms with Crippen LogP contribution in [0.3, 0.4) is 0 Å². The summed E-state index contributed by atoms with van der Waals surface area (Å²) >= 11 is 0. The van der Waals surface area contributed by atoms with E-state index < -0.39 is 23.6 Å². The molecule has 0 bridgehead atoms. The minimum absolute atomic E-state index is 0.147. The molecule has 0 atom stereocenters. The first-order valence-electron chi connectivity index (χ1n) is 8.48. The zero-order chi connectivity index (χ0) is 20.5. The number of hydrogen-bond acceptors (Lipinski definition) is 4. The quantitative estimate of drug-likeness (QED) is 0.525. The van der Waals surface area contributed by atoms with E-state index in [2.05, 4.69) is 5.43 Å². The highest BCUT2D eigenvalue weighted by Gasteiger charge is 2.34. The Hall–Kier alpha value is -4.20. The third-order valence-electron chi connectivity index (χ3n) is 4.29.